The largest absolute Gasteiger partial charge is 0.497 e. The third-order valence-electron chi connectivity index (χ3n) is 6.62. The molecule has 1 atom stereocenters. The van der Waals surface area contributed by atoms with Crippen molar-refractivity contribution in [1.82, 2.24) is 10.2 Å². The van der Waals surface area contributed by atoms with Gasteiger partial charge in [-0.2, -0.15) is 0 Å². The smallest absolute Gasteiger partial charge is 0.242 e. The van der Waals surface area contributed by atoms with E-state index in [1.54, 1.807) is 43.2 Å². The van der Waals surface area contributed by atoms with Gasteiger partial charge in [-0.1, -0.05) is 40.9 Å². The monoisotopic (exact) mass is 593 g/mol. The molecule has 1 aliphatic carbocycles. The first-order chi connectivity index (χ1) is 17.6. The maximum atomic E-state index is 13.4. The number of carbonyl (C=O) groups excluding carboxylic acids is 2. The van der Waals surface area contributed by atoms with Gasteiger partial charge in [0.05, 0.1) is 19.1 Å². The highest BCUT2D eigenvalue weighted by molar-refractivity contribution is 9.10. The number of rotatable bonds is 12. The molecule has 0 bridgehead atoms. The maximum Gasteiger partial charge on any atom is 0.242 e. The van der Waals surface area contributed by atoms with Crippen molar-refractivity contribution >= 4 is 43.5 Å². The van der Waals surface area contributed by atoms with E-state index in [0.717, 1.165) is 42.0 Å². The highest BCUT2D eigenvalue weighted by Crippen LogP contribution is 2.23. The summed E-state index contributed by atoms with van der Waals surface area (Å²) in [6.45, 7) is 2.18. The maximum absolute atomic E-state index is 13.4. The van der Waals surface area contributed by atoms with Crippen molar-refractivity contribution in [2.75, 3.05) is 24.2 Å². The first-order valence-electron chi connectivity index (χ1n) is 12.5. The van der Waals surface area contributed by atoms with E-state index in [0.29, 0.717) is 17.9 Å². The average molecular weight is 595 g/mol. The van der Waals surface area contributed by atoms with Crippen LogP contribution in [0.3, 0.4) is 0 Å². The second kappa shape index (κ2) is 13.3. The summed E-state index contributed by atoms with van der Waals surface area (Å²) in [5.74, 6) is 0.268. The van der Waals surface area contributed by atoms with Gasteiger partial charge in [0.2, 0.25) is 21.8 Å². The number of halogens is 1. The number of nitrogens with zero attached hydrogens (tertiary/aromatic N) is 2. The van der Waals surface area contributed by atoms with Crippen LogP contribution in [-0.4, -0.2) is 57.1 Å². The third kappa shape index (κ3) is 8.46. The van der Waals surface area contributed by atoms with Gasteiger partial charge in [-0.15, -0.1) is 0 Å². The lowest BCUT2D eigenvalue weighted by atomic mass is 10.1. The molecule has 0 aromatic heterocycles. The van der Waals surface area contributed by atoms with Gasteiger partial charge in [0.15, 0.2) is 0 Å². The second-order valence-corrected chi connectivity index (χ2v) is 12.3. The number of methoxy groups -OCH3 is 1. The molecule has 202 valence electrons. The van der Waals surface area contributed by atoms with E-state index in [1.807, 2.05) is 24.3 Å². The zero-order valence-corrected chi connectivity index (χ0v) is 24.1. The van der Waals surface area contributed by atoms with Crippen LogP contribution in [-0.2, 0) is 26.2 Å². The second-order valence-electron chi connectivity index (χ2n) is 9.45. The van der Waals surface area contributed by atoms with Crippen LogP contribution >= 0.6 is 15.9 Å². The lowest BCUT2D eigenvalue weighted by Gasteiger charge is -2.30. The molecule has 8 nitrogen and oxygen atoms in total. The fourth-order valence-corrected chi connectivity index (χ4v) is 5.97. The van der Waals surface area contributed by atoms with Crippen LogP contribution < -0.4 is 14.4 Å². The molecule has 0 heterocycles. The molecule has 0 radical (unpaired) electrons. The number of sulfonamides is 1. The summed E-state index contributed by atoms with van der Waals surface area (Å²) in [6, 6.07) is 13.9. The molecule has 2 aromatic rings. The molecule has 3 rings (SSSR count). The van der Waals surface area contributed by atoms with Crippen LogP contribution in [0, 0.1) is 0 Å². The highest BCUT2D eigenvalue weighted by Gasteiger charge is 2.28. The predicted octanol–water partition coefficient (Wildman–Crippen LogP) is 4.48. The summed E-state index contributed by atoms with van der Waals surface area (Å²) in [6.07, 6.45) is 5.70. The van der Waals surface area contributed by atoms with E-state index in [2.05, 4.69) is 21.2 Å². The Morgan fingerprint density at radius 3 is 2.41 bits per heavy atom. The van der Waals surface area contributed by atoms with Gasteiger partial charge < -0.3 is 15.0 Å². The molecule has 0 unspecified atom stereocenters. The Morgan fingerprint density at radius 2 is 1.81 bits per heavy atom. The Labute approximate surface area is 228 Å². The molecule has 2 aromatic carbocycles. The summed E-state index contributed by atoms with van der Waals surface area (Å²) >= 11 is 3.47. The molecule has 2 amide bonds. The molecule has 0 aliphatic heterocycles. The summed E-state index contributed by atoms with van der Waals surface area (Å²) in [5, 5.41) is 3.10. The van der Waals surface area contributed by atoms with Gasteiger partial charge in [-0.05, 0) is 68.1 Å². The van der Waals surface area contributed by atoms with Crippen molar-refractivity contribution in [1.29, 1.82) is 0 Å². The number of benzene rings is 2. The third-order valence-corrected chi connectivity index (χ3v) is 8.31. The number of carbonyl (C=O) groups is 2. The Kier molecular flexibility index (Phi) is 10.4. The van der Waals surface area contributed by atoms with Crippen molar-refractivity contribution in [3.8, 4) is 5.75 Å². The fourth-order valence-electron chi connectivity index (χ4n) is 4.56. The molecule has 1 fully saturated rings. The molecule has 1 aliphatic rings. The molecule has 0 spiro atoms. The van der Waals surface area contributed by atoms with Crippen molar-refractivity contribution < 1.29 is 22.7 Å². The van der Waals surface area contributed by atoms with Crippen LogP contribution in [0.5, 0.6) is 5.75 Å². The van der Waals surface area contributed by atoms with E-state index < -0.39 is 16.1 Å². The molecular formula is C27H36BrN3O5S. The first-order valence-corrected chi connectivity index (χ1v) is 15.2. The van der Waals surface area contributed by atoms with Crippen LogP contribution in [0.4, 0.5) is 5.69 Å². The van der Waals surface area contributed by atoms with Crippen LogP contribution in [0.15, 0.2) is 53.0 Å². The summed E-state index contributed by atoms with van der Waals surface area (Å²) in [5.41, 5.74) is 1.41. The Bertz CT molecular complexity index is 1170. The Balaban J connectivity index is 1.71. The van der Waals surface area contributed by atoms with E-state index in [4.69, 9.17) is 4.74 Å². The van der Waals surface area contributed by atoms with Gasteiger partial charge in [-0.25, -0.2) is 8.42 Å². The van der Waals surface area contributed by atoms with Crippen molar-refractivity contribution in [2.45, 2.75) is 64.1 Å². The van der Waals surface area contributed by atoms with Gasteiger partial charge in [0, 0.05) is 30.0 Å². The van der Waals surface area contributed by atoms with E-state index in [1.165, 1.54) is 4.31 Å². The molecule has 10 heteroatoms. The van der Waals surface area contributed by atoms with Crippen LogP contribution in [0.1, 0.15) is 51.0 Å². The minimum atomic E-state index is -3.55. The molecule has 1 N–H and O–H groups in total. The van der Waals surface area contributed by atoms with Crippen molar-refractivity contribution in [3.63, 3.8) is 0 Å². The predicted molar refractivity (Wildman–Crippen MR) is 149 cm³/mol. The van der Waals surface area contributed by atoms with Gasteiger partial charge in [-0.3, -0.25) is 13.9 Å². The summed E-state index contributed by atoms with van der Waals surface area (Å²) in [7, 11) is -2.01. The van der Waals surface area contributed by atoms with Crippen LogP contribution in [0.2, 0.25) is 0 Å². The Hall–Kier alpha value is -2.59. The lowest BCUT2D eigenvalue weighted by Crippen LogP contribution is -2.49. The fraction of sp³-hybridized carbons (Fsp3) is 0.481. The van der Waals surface area contributed by atoms with Crippen molar-refractivity contribution in [2.24, 2.45) is 0 Å². The van der Waals surface area contributed by atoms with Gasteiger partial charge in [0.25, 0.3) is 0 Å². The molecule has 0 saturated heterocycles. The summed E-state index contributed by atoms with van der Waals surface area (Å²) < 4.78 is 32.3. The molecular weight excluding hydrogens is 558 g/mol. The zero-order valence-electron chi connectivity index (χ0n) is 21.7. The normalized spacial score (nSPS) is 14.7. The van der Waals surface area contributed by atoms with E-state index in [9.17, 15) is 18.0 Å². The zero-order chi connectivity index (χ0) is 27.0. The SMILES string of the molecule is COc1ccc(N(CCCC(=O)N(Cc2cccc(Br)c2)[C@H](C)C(=O)NC2CCCC2)S(C)(=O)=O)cc1. The number of anilines is 1. The van der Waals surface area contributed by atoms with E-state index in [-0.39, 0.29) is 37.4 Å². The molecule has 37 heavy (non-hydrogen) atoms. The molecule has 1 saturated carbocycles. The first kappa shape index (κ1) is 29.0. The number of amides is 2. The van der Waals surface area contributed by atoms with Crippen LogP contribution in [0.25, 0.3) is 0 Å². The average Bonchev–Trinajstić information content (AvgIpc) is 3.37. The number of ether oxygens (including phenoxy) is 1. The minimum absolute atomic E-state index is 0.108. The van der Waals surface area contributed by atoms with Gasteiger partial charge in [0.1, 0.15) is 11.8 Å². The highest BCUT2D eigenvalue weighted by atomic mass is 79.9. The number of hydrogen-bond donors (Lipinski definition) is 1. The number of nitrogens with one attached hydrogen (secondary N) is 1. The Morgan fingerprint density at radius 1 is 1.14 bits per heavy atom. The van der Waals surface area contributed by atoms with E-state index >= 15 is 0 Å². The number of hydrogen-bond acceptors (Lipinski definition) is 5. The van der Waals surface area contributed by atoms with Gasteiger partial charge >= 0.3 is 0 Å². The lowest BCUT2D eigenvalue weighted by molar-refractivity contribution is -0.141. The quantitative estimate of drug-likeness (QED) is 0.391. The van der Waals surface area contributed by atoms with Crippen molar-refractivity contribution in [3.05, 3.63) is 58.6 Å². The summed E-state index contributed by atoms with van der Waals surface area (Å²) in [4.78, 5) is 28.0. The topological polar surface area (TPSA) is 96.0 Å². The minimum Gasteiger partial charge on any atom is -0.497 e. The standard InChI is InChI=1S/C27H36BrN3O5S/c1-20(27(33)29-23-10-4-5-11-23)30(19-21-8-6-9-22(28)18-21)26(32)12-7-17-31(37(3,34)35)24-13-15-25(36-2)16-14-24/h6,8-9,13-16,18,20,23H,4-5,7,10-12,17,19H2,1-3H3,(H,29,33)/t20-/m1/s1.